The van der Waals surface area contributed by atoms with Crippen molar-refractivity contribution in [2.24, 2.45) is 0 Å². The van der Waals surface area contributed by atoms with Gasteiger partial charge in [-0.25, -0.2) is 0 Å². The summed E-state index contributed by atoms with van der Waals surface area (Å²) in [7, 11) is 1.56. The van der Waals surface area contributed by atoms with Crippen molar-refractivity contribution < 1.29 is 22.7 Å². The zero-order valence-electron chi connectivity index (χ0n) is 13.9. The molecule has 1 amide bonds. The van der Waals surface area contributed by atoms with Crippen molar-refractivity contribution in [2.75, 3.05) is 7.11 Å². The highest BCUT2D eigenvalue weighted by atomic mass is 79.9. The Morgan fingerprint density at radius 2 is 2.00 bits per heavy atom. The minimum atomic E-state index is -4.56. The molecule has 9 heteroatoms. The Morgan fingerprint density at radius 3 is 2.54 bits per heavy atom. The Balaban J connectivity index is 1.68. The third-order valence-corrected chi connectivity index (χ3v) is 4.89. The molecule has 0 aliphatic heterocycles. The molecule has 1 aliphatic rings. The van der Waals surface area contributed by atoms with Crippen molar-refractivity contribution in [3.63, 3.8) is 0 Å². The predicted octanol–water partition coefficient (Wildman–Crippen LogP) is 3.87. The van der Waals surface area contributed by atoms with Crippen molar-refractivity contribution >= 4 is 21.8 Å². The SMILES string of the molecule is COc1ccc(CNC(=O)Cn2nc(C(F)(F)F)c(Br)c2C2CC2)cc1. The summed E-state index contributed by atoms with van der Waals surface area (Å²) in [5.41, 5.74) is 0.318. The predicted molar refractivity (Wildman–Crippen MR) is 91.7 cm³/mol. The Bertz CT molecular complexity index is 799. The lowest BCUT2D eigenvalue weighted by Crippen LogP contribution is -2.28. The summed E-state index contributed by atoms with van der Waals surface area (Å²) in [5.74, 6) is 0.323. The van der Waals surface area contributed by atoms with E-state index >= 15 is 0 Å². The molecule has 1 N–H and O–H groups in total. The monoisotopic (exact) mass is 431 g/mol. The maximum absolute atomic E-state index is 13.1. The van der Waals surface area contributed by atoms with Crippen LogP contribution in [0.5, 0.6) is 5.75 Å². The first-order valence-corrected chi connectivity index (χ1v) is 8.82. The van der Waals surface area contributed by atoms with Gasteiger partial charge < -0.3 is 10.1 Å². The molecular weight excluding hydrogens is 415 g/mol. The van der Waals surface area contributed by atoms with E-state index in [2.05, 4.69) is 26.3 Å². The number of nitrogens with one attached hydrogen (secondary N) is 1. The normalized spacial score (nSPS) is 14.3. The van der Waals surface area contributed by atoms with Gasteiger partial charge in [0, 0.05) is 12.5 Å². The number of hydrogen-bond donors (Lipinski definition) is 1. The molecule has 0 saturated heterocycles. The maximum Gasteiger partial charge on any atom is 0.436 e. The minimum absolute atomic E-state index is 0.0161. The van der Waals surface area contributed by atoms with Crippen LogP contribution in [0.3, 0.4) is 0 Å². The number of halogens is 4. The van der Waals surface area contributed by atoms with Gasteiger partial charge in [-0.2, -0.15) is 18.3 Å². The molecular formula is C17H17BrF3N3O2. The van der Waals surface area contributed by atoms with Crippen LogP contribution in [0.15, 0.2) is 28.7 Å². The van der Waals surface area contributed by atoms with E-state index in [0.717, 1.165) is 23.1 Å². The number of benzene rings is 1. The zero-order chi connectivity index (χ0) is 18.9. The average molecular weight is 432 g/mol. The molecule has 2 aromatic rings. The minimum Gasteiger partial charge on any atom is -0.497 e. The van der Waals surface area contributed by atoms with Gasteiger partial charge in [0.05, 0.1) is 17.3 Å². The van der Waals surface area contributed by atoms with Crippen LogP contribution >= 0.6 is 15.9 Å². The number of carbonyl (C=O) groups is 1. The molecule has 140 valence electrons. The van der Waals surface area contributed by atoms with E-state index < -0.39 is 17.8 Å². The summed E-state index contributed by atoms with van der Waals surface area (Å²) < 4.78 is 45.4. The summed E-state index contributed by atoms with van der Waals surface area (Å²) in [6, 6.07) is 7.15. The van der Waals surface area contributed by atoms with E-state index in [9.17, 15) is 18.0 Å². The van der Waals surface area contributed by atoms with Gasteiger partial charge >= 0.3 is 6.18 Å². The van der Waals surface area contributed by atoms with E-state index in [-0.39, 0.29) is 23.5 Å². The number of hydrogen-bond acceptors (Lipinski definition) is 3. The molecule has 0 unspecified atom stereocenters. The number of amides is 1. The number of alkyl halides is 3. The lowest BCUT2D eigenvalue weighted by molar-refractivity contribution is -0.142. The summed E-state index contributed by atoms with van der Waals surface area (Å²) in [5, 5.41) is 6.33. The quantitative estimate of drug-likeness (QED) is 0.755. The Kier molecular flexibility index (Phi) is 5.27. The zero-order valence-corrected chi connectivity index (χ0v) is 15.5. The van der Waals surface area contributed by atoms with Crippen LogP contribution in [-0.2, 0) is 24.1 Å². The van der Waals surface area contributed by atoms with Gasteiger partial charge in [-0.3, -0.25) is 9.48 Å². The van der Waals surface area contributed by atoms with Gasteiger partial charge in [0.2, 0.25) is 5.91 Å². The van der Waals surface area contributed by atoms with Gasteiger partial charge in [-0.15, -0.1) is 0 Å². The van der Waals surface area contributed by atoms with E-state index in [1.54, 1.807) is 31.4 Å². The third-order valence-electron chi connectivity index (χ3n) is 4.11. The van der Waals surface area contributed by atoms with Gasteiger partial charge in [0.1, 0.15) is 12.3 Å². The molecule has 3 rings (SSSR count). The summed E-state index contributed by atoms with van der Waals surface area (Å²) in [4.78, 5) is 12.2. The first-order valence-electron chi connectivity index (χ1n) is 8.02. The highest BCUT2D eigenvalue weighted by Gasteiger charge is 2.41. The van der Waals surface area contributed by atoms with Gasteiger partial charge in [0.25, 0.3) is 0 Å². The van der Waals surface area contributed by atoms with Crippen molar-refractivity contribution in [2.45, 2.75) is 38.0 Å². The van der Waals surface area contributed by atoms with Gasteiger partial charge in [-0.1, -0.05) is 12.1 Å². The summed E-state index contributed by atoms with van der Waals surface area (Å²) >= 11 is 3.01. The van der Waals surface area contributed by atoms with Crippen LogP contribution in [0.4, 0.5) is 13.2 Å². The Labute approximate surface area is 156 Å². The molecule has 0 spiro atoms. The largest absolute Gasteiger partial charge is 0.497 e. The number of ether oxygens (including phenoxy) is 1. The molecule has 0 atom stereocenters. The van der Waals surface area contributed by atoms with Crippen LogP contribution in [0.1, 0.15) is 35.7 Å². The molecule has 0 radical (unpaired) electrons. The highest BCUT2D eigenvalue weighted by Crippen LogP contribution is 2.46. The molecule has 1 heterocycles. The number of aromatic nitrogens is 2. The van der Waals surface area contributed by atoms with E-state index in [1.165, 1.54) is 0 Å². The second-order valence-corrected chi connectivity index (χ2v) is 6.90. The average Bonchev–Trinajstić information content (AvgIpc) is 3.36. The standard InChI is InChI=1S/C17H17BrF3N3O2/c1-26-12-6-2-10(3-7-12)8-22-13(25)9-24-15(11-4-5-11)14(18)16(23-24)17(19,20)21/h2-3,6-7,11H,4-5,8-9H2,1H3,(H,22,25). The molecule has 1 aromatic carbocycles. The molecule has 1 saturated carbocycles. The van der Waals surface area contributed by atoms with Gasteiger partial charge in [0.15, 0.2) is 5.69 Å². The van der Waals surface area contributed by atoms with Crippen LogP contribution < -0.4 is 10.1 Å². The first-order chi connectivity index (χ1) is 12.3. The fourth-order valence-corrected chi connectivity index (χ4v) is 3.47. The lowest BCUT2D eigenvalue weighted by Gasteiger charge is -2.09. The van der Waals surface area contributed by atoms with E-state index in [4.69, 9.17) is 4.74 Å². The van der Waals surface area contributed by atoms with Gasteiger partial charge in [-0.05, 0) is 46.5 Å². The maximum atomic E-state index is 13.1. The smallest absolute Gasteiger partial charge is 0.436 e. The molecule has 0 bridgehead atoms. The van der Waals surface area contributed by atoms with Crippen LogP contribution in [-0.4, -0.2) is 22.8 Å². The topological polar surface area (TPSA) is 56.1 Å². The number of nitrogens with zero attached hydrogens (tertiary/aromatic N) is 2. The van der Waals surface area contributed by atoms with Crippen LogP contribution in [0.25, 0.3) is 0 Å². The molecule has 26 heavy (non-hydrogen) atoms. The molecule has 1 aromatic heterocycles. The van der Waals surface area contributed by atoms with E-state index in [0.29, 0.717) is 11.4 Å². The van der Waals surface area contributed by atoms with Crippen molar-refractivity contribution in [1.82, 2.24) is 15.1 Å². The fraction of sp³-hybridized carbons (Fsp3) is 0.412. The fourth-order valence-electron chi connectivity index (χ4n) is 2.64. The van der Waals surface area contributed by atoms with Crippen molar-refractivity contribution in [3.05, 3.63) is 45.7 Å². The van der Waals surface area contributed by atoms with Crippen LogP contribution in [0.2, 0.25) is 0 Å². The van der Waals surface area contributed by atoms with E-state index in [1.807, 2.05) is 0 Å². The number of carbonyl (C=O) groups excluding carboxylic acids is 1. The Morgan fingerprint density at radius 1 is 1.35 bits per heavy atom. The van der Waals surface area contributed by atoms with Crippen LogP contribution in [0, 0.1) is 0 Å². The van der Waals surface area contributed by atoms with Crippen molar-refractivity contribution in [3.8, 4) is 5.75 Å². The third kappa shape index (κ3) is 4.20. The molecule has 1 fully saturated rings. The second kappa shape index (κ2) is 7.30. The summed E-state index contributed by atoms with van der Waals surface area (Å²) in [6.07, 6.45) is -2.96. The first kappa shape index (κ1) is 18.8. The Hall–Kier alpha value is -2.03. The number of rotatable bonds is 6. The number of methoxy groups -OCH3 is 1. The summed E-state index contributed by atoms with van der Waals surface area (Å²) in [6.45, 7) is 0.0207. The lowest BCUT2D eigenvalue weighted by atomic mass is 10.2. The molecule has 1 aliphatic carbocycles. The highest BCUT2D eigenvalue weighted by molar-refractivity contribution is 9.10. The second-order valence-electron chi connectivity index (χ2n) is 6.10. The molecule has 5 nitrogen and oxygen atoms in total. The van der Waals surface area contributed by atoms with Crippen molar-refractivity contribution in [1.29, 1.82) is 0 Å².